The number of unbranched alkanes of at least 4 members (excludes halogenated alkanes) is 10. The normalized spacial score (nSPS) is 12.2. The van der Waals surface area contributed by atoms with Gasteiger partial charge in [0, 0.05) is 11.8 Å². The molecule has 0 aliphatic heterocycles. The third-order valence-electron chi connectivity index (χ3n) is 7.18. The van der Waals surface area contributed by atoms with Crippen LogP contribution in [0, 0.1) is 0 Å². The summed E-state index contributed by atoms with van der Waals surface area (Å²) in [6.45, 7) is 6.43. The molecular formula is C34H47N3O2S. The average Bonchev–Trinajstić information content (AvgIpc) is 3.45. The number of rotatable bonds is 19. The third-order valence-corrected chi connectivity index (χ3v) is 8.06. The lowest BCUT2D eigenvalue weighted by Crippen LogP contribution is -2.15. The van der Waals surface area contributed by atoms with Crippen LogP contribution in [0.4, 0.5) is 5.13 Å². The molecular weight excluding hydrogens is 514 g/mol. The number of aryl methyl sites for hydroxylation is 1. The molecule has 2 aromatic carbocycles. The molecule has 1 heterocycles. The van der Waals surface area contributed by atoms with Crippen molar-refractivity contribution in [3.8, 4) is 10.6 Å². The molecule has 5 nitrogen and oxygen atoms in total. The minimum absolute atomic E-state index is 0.0664. The van der Waals surface area contributed by atoms with Crippen molar-refractivity contribution in [1.29, 1.82) is 0 Å². The van der Waals surface area contributed by atoms with Crippen molar-refractivity contribution in [1.82, 2.24) is 10.2 Å². The molecule has 1 aromatic heterocycles. The van der Waals surface area contributed by atoms with E-state index in [1.54, 1.807) is 18.3 Å². The van der Waals surface area contributed by atoms with Crippen molar-refractivity contribution in [3.63, 3.8) is 0 Å². The fourth-order valence-electron chi connectivity index (χ4n) is 4.66. The molecule has 0 amide bonds. The third kappa shape index (κ3) is 11.7. The van der Waals surface area contributed by atoms with Crippen LogP contribution in [-0.2, 0) is 11.2 Å². The predicted octanol–water partition coefficient (Wildman–Crippen LogP) is 10.2. The van der Waals surface area contributed by atoms with Gasteiger partial charge in [-0.15, -0.1) is 10.2 Å². The first kappa shape index (κ1) is 31.7. The molecule has 3 rings (SSSR count). The number of hydrogen-bond donors (Lipinski definition) is 0. The Morgan fingerprint density at radius 1 is 0.825 bits per heavy atom. The quantitative estimate of drug-likeness (QED) is 0.0829. The number of ether oxygens (including phenoxy) is 1. The smallest absolute Gasteiger partial charge is 0.338 e. The van der Waals surface area contributed by atoms with Crippen molar-refractivity contribution in [2.75, 3.05) is 0 Å². The van der Waals surface area contributed by atoms with Crippen LogP contribution < -0.4 is 0 Å². The Labute approximate surface area is 245 Å². The molecule has 1 atom stereocenters. The van der Waals surface area contributed by atoms with Gasteiger partial charge in [0.1, 0.15) is 5.01 Å². The van der Waals surface area contributed by atoms with E-state index < -0.39 is 0 Å². The first-order valence-corrected chi connectivity index (χ1v) is 16.2. The summed E-state index contributed by atoms with van der Waals surface area (Å²) in [5.41, 5.74) is 3.90. The van der Waals surface area contributed by atoms with Gasteiger partial charge in [0.15, 0.2) is 0 Å². The Bertz CT molecular complexity index is 1140. The van der Waals surface area contributed by atoms with E-state index in [9.17, 15) is 4.79 Å². The molecule has 216 valence electrons. The van der Waals surface area contributed by atoms with Gasteiger partial charge < -0.3 is 4.74 Å². The zero-order valence-electron chi connectivity index (χ0n) is 24.7. The van der Waals surface area contributed by atoms with Gasteiger partial charge >= 0.3 is 5.97 Å². The lowest BCUT2D eigenvalue weighted by Gasteiger charge is -2.13. The van der Waals surface area contributed by atoms with Crippen molar-refractivity contribution in [2.24, 2.45) is 4.99 Å². The van der Waals surface area contributed by atoms with E-state index in [0.29, 0.717) is 10.7 Å². The average molecular weight is 562 g/mol. The first-order chi connectivity index (χ1) is 19.6. The van der Waals surface area contributed by atoms with Crippen LogP contribution in [0.25, 0.3) is 10.6 Å². The number of aliphatic imine (C=N–C) groups is 1. The Morgan fingerprint density at radius 3 is 2.12 bits per heavy atom. The largest absolute Gasteiger partial charge is 0.459 e. The maximum absolute atomic E-state index is 12.4. The highest BCUT2D eigenvalue weighted by atomic mass is 32.1. The Morgan fingerprint density at radius 2 is 1.45 bits per heavy atom. The number of nitrogens with zero attached hydrogens (tertiary/aromatic N) is 3. The summed E-state index contributed by atoms with van der Waals surface area (Å²) in [6.07, 6.45) is 19.2. The second kappa shape index (κ2) is 18.5. The van der Waals surface area contributed by atoms with E-state index in [1.165, 1.54) is 87.5 Å². The van der Waals surface area contributed by atoms with Crippen LogP contribution in [0.3, 0.4) is 0 Å². The highest BCUT2D eigenvalue weighted by molar-refractivity contribution is 7.18. The monoisotopic (exact) mass is 561 g/mol. The summed E-state index contributed by atoms with van der Waals surface area (Å²) in [5, 5.41) is 10.1. The van der Waals surface area contributed by atoms with Crippen molar-refractivity contribution in [2.45, 2.75) is 117 Å². The maximum Gasteiger partial charge on any atom is 0.338 e. The fraction of sp³-hybridized carbons (Fsp3) is 0.529. The van der Waals surface area contributed by atoms with Crippen molar-refractivity contribution in [3.05, 3.63) is 65.2 Å². The van der Waals surface area contributed by atoms with Gasteiger partial charge in [-0.05, 0) is 55.9 Å². The first-order valence-electron chi connectivity index (χ1n) is 15.4. The number of carbonyl (C=O) groups excluding carboxylic acids is 1. The number of carbonyl (C=O) groups is 1. The molecule has 40 heavy (non-hydrogen) atoms. The fourth-order valence-corrected chi connectivity index (χ4v) is 5.36. The van der Waals surface area contributed by atoms with Gasteiger partial charge in [0.05, 0.1) is 11.7 Å². The molecule has 0 N–H and O–H groups in total. The minimum atomic E-state index is -0.274. The van der Waals surface area contributed by atoms with Gasteiger partial charge in [-0.3, -0.25) is 0 Å². The molecule has 0 bridgehead atoms. The molecule has 0 radical (unpaired) electrons. The highest BCUT2D eigenvalue weighted by Gasteiger charge is 2.12. The summed E-state index contributed by atoms with van der Waals surface area (Å²) in [4.78, 5) is 16.9. The lowest BCUT2D eigenvalue weighted by molar-refractivity contribution is 0.0319. The summed E-state index contributed by atoms with van der Waals surface area (Å²) in [7, 11) is 0. The molecule has 0 unspecified atom stereocenters. The molecule has 0 aliphatic rings. The Balaban J connectivity index is 1.42. The molecule has 6 heteroatoms. The SMILES string of the molecule is CCCCCCCCCCc1ccc(-c2nnc(/N=C/c3ccc(C(=O)O[C@H](C)CCCCCC)cc3)s2)cc1. The van der Waals surface area contributed by atoms with Crippen molar-refractivity contribution < 1.29 is 9.53 Å². The van der Waals surface area contributed by atoms with Gasteiger partial charge in [-0.25, -0.2) is 9.79 Å². The molecule has 3 aromatic rings. The van der Waals surface area contributed by atoms with Crippen LogP contribution in [0.5, 0.6) is 0 Å². The number of aromatic nitrogens is 2. The van der Waals surface area contributed by atoms with E-state index in [2.05, 4.69) is 53.3 Å². The van der Waals surface area contributed by atoms with E-state index in [4.69, 9.17) is 4.74 Å². The van der Waals surface area contributed by atoms with E-state index in [0.717, 1.165) is 35.4 Å². The van der Waals surface area contributed by atoms with Gasteiger partial charge in [0.25, 0.3) is 0 Å². The Hall–Kier alpha value is -2.86. The van der Waals surface area contributed by atoms with E-state index in [1.807, 2.05) is 19.1 Å². The van der Waals surface area contributed by atoms with Gasteiger partial charge in [0.2, 0.25) is 5.13 Å². The van der Waals surface area contributed by atoms with E-state index >= 15 is 0 Å². The summed E-state index contributed by atoms with van der Waals surface area (Å²) in [6, 6.07) is 16.0. The minimum Gasteiger partial charge on any atom is -0.459 e. The lowest BCUT2D eigenvalue weighted by atomic mass is 10.0. The van der Waals surface area contributed by atoms with Gasteiger partial charge in [-0.2, -0.15) is 0 Å². The zero-order chi connectivity index (χ0) is 28.4. The summed E-state index contributed by atoms with van der Waals surface area (Å²) in [5.74, 6) is -0.274. The topological polar surface area (TPSA) is 64.4 Å². The van der Waals surface area contributed by atoms with Crippen LogP contribution in [0.2, 0.25) is 0 Å². The number of hydrogen-bond acceptors (Lipinski definition) is 6. The predicted molar refractivity (Wildman–Crippen MR) is 169 cm³/mol. The number of esters is 1. The number of benzene rings is 2. The summed E-state index contributed by atoms with van der Waals surface area (Å²) >= 11 is 1.47. The molecule has 0 saturated carbocycles. The molecule has 0 fully saturated rings. The zero-order valence-corrected chi connectivity index (χ0v) is 25.6. The van der Waals surface area contributed by atoms with Crippen LogP contribution in [-0.4, -0.2) is 28.5 Å². The van der Waals surface area contributed by atoms with Crippen LogP contribution in [0.1, 0.15) is 126 Å². The van der Waals surface area contributed by atoms with E-state index in [-0.39, 0.29) is 12.1 Å². The van der Waals surface area contributed by atoms with Crippen LogP contribution in [0.15, 0.2) is 53.5 Å². The summed E-state index contributed by atoms with van der Waals surface area (Å²) < 4.78 is 5.59. The second-order valence-electron chi connectivity index (χ2n) is 10.8. The van der Waals surface area contributed by atoms with Gasteiger partial charge in [-0.1, -0.05) is 126 Å². The standard InChI is InChI=1S/C34H47N3O2S/c1-4-6-8-10-11-12-13-15-17-28-18-22-30(23-19-28)32-36-37-34(40-32)35-26-29-20-24-31(25-21-29)33(38)39-27(3)16-14-9-7-5-2/h18-27H,4-17H2,1-3H3/b35-26+/t27-/m1/s1. The van der Waals surface area contributed by atoms with Crippen LogP contribution >= 0.6 is 11.3 Å². The molecule has 0 spiro atoms. The molecule has 0 aliphatic carbocycles. The van der Waals surface area contributed by atoms with Crippen molar-refractivity contribution >= 4 is 28.7 Å². The second-order valence-corrected chi connectivity index (χ2v) is 11.7. The highest BCUT2D eigenvalue weighted by Crippen LogP contribution is 2.28. The maximum atomic E-state index is 12.4. The Kier molecular flexibility index (Phi) is 14.6. The molecule has 0 saturated heterocycles.